The van der Waals surface area contributed by atoms with Gasteiger partial charge >= 0.3 is 0 Å². The molecule has 1 unspecified atom stereocenters. The fourth-order valence-corrected chi connectivity index (χ4v) is 4.40. The first-order valence-corrected chi connectivity index (χ1v) is 15.8. The average molecular weight is 540 g/mol. The highest BCUT2D eigenvalue weighted by Crippen LogP contribution is 2.12. The number of rotatable bonds is 9. The van der Waals surface area contributed by atoms with Crippen molar-refractivity contribution in [1.29, 1.82) is 0 Å². The summed E-state index contributed by atoms with van der Waals surface area (Å²) < 4.78 is 0. The second kappa shape index (κ2) is 23.1. The lowest BCUT2D eigenvalue weighted by Crippen LogP contribution is -2.35. The van der Waals surface area contributed by atoms with Gasteiger partial charge in [0.05, 0.1) is 0 Å². The van der Waals surface area contributed by atoms with E-state index < -0.39 is 0 Å². The van der Waals surface area contributed by atoms with Crippen LogP contribution in [0.4, 0.5) is 0 Å². The van der Waals surface area contributed by atoms with Crippen LogP contribution in [0.15, 0.2) is 60.7 Å². The monoisotopic (exact) mass is 540 g/mol. The summed E-state index contributed by atoms with van der Waals surface area (Å²) in [5, 5.41) is 3.46. The van der Waals surface area contributed by atoms with E-state index in [1.54, 1.807) is 0 Å². The highest BCUT2D eigenvalue weighted by molar-refractivity contribution is 5.18. The van der Waals surface area contributed by atoms with Crippen LogP contribution in [-0.4, -0.2) is 48.1 Å². The molecule has 0 aromatic heterocycles. The van der Waals surface area contributed by atoms with Crippen molar-refractivity contribution in [3.05, 3.63) is 71.8 Å². The summed E-state index contributed by atoms with van der Waals surface area (Å²) in [6.45, 7) is 25.9. The molecule has 1 saturated heterocycles. The van der Waals surface area contributed by atoms with Gasteiger partial charge in [-0.05, 0) is 84.6 Å². The molecule has 3 nitrogen and oxygen atoms in total. The maximum atomic E-state index is 3.46. The smallest absolute Gasteiger partial charge is 0.0294 e. The Morgan fingerprint density at radius 2 is 1.26 bits per heavy atom. The summed E-state index contributed by atoms with van der Waals surface area (Å²) in [5.74, 6) is 0.898. The Hall–Kier alpha value is -1.68. The molecule has 1 fully saturated rings. The van der Waals surface area contributed by atoms with E-state index in [9.17, 15) is 0 Å². The molecule has 1 atom stereocenters. The Morgan fingerprint density at radius 3 is 1.62 bits per heavy atom. The third kappa shape index (κ3) is 20.8. The molecule has 1 N–H and O–H groups in total. The van der Waals surface area contributed by atoms with Crippen molar-refractivity contribution >= 4 is 0 Å². The van der Waals surface area contributed by atoms with Gasteiger partial charge in [-0.3, -0.25) is 4.90 Å². The number of nitrogens with one attached hydrogen (secondary N) is 1. The van der Waals surface area contributed by atoms with E-state index in [0.29, 0.717) is 18.1 Å². The van der Waals surface area contributed by atoms with Crippen LogP contribution >= 0.6 is 0 Å². The van der Waals surface area contributed by atoms with Gasteiger partial charge in [0, 0.05) is 30.7 Å². The molecule has 1 heterocycles. The van der Waals surface area contributed by atoms with Crippen LogP contribution < -0.4 is 5.32 Å². The van der Waals surface area contributed by atoms with E-state index in [-0.39, 0.29) is 0 Å². The van der Waals surface area contributed by atoms with E-state index in [2.05, 4.69) is 146 Å². The van der Waals surface area contributed by atoms with Gasteiger partial charge in [0.1, 0.15) is 0 Å². The first-order valence-electron chi connectivity index (χ1n) is 15.8. The molecule has 1 aliphatic heterocycles. The molecular formula is C36H65N3. The maximum absolute atomic E-state index is 3.46. The highest BCUT2D eigenvalue weighted by Gasteiger charge is 2.11. The Kier molecular flexibility index (Phi) is 22.1. The Morgan fingerprint density at radius 1 is 0.744 bits per heavy atom. The van der Waals surface area contributed by atoms with Crippen molar-refractivity contribution in [2.45, 2.75) is 132 Å². The van der Waals surface area contributed by atoms with Crippen molar-refractivity contribution in [3.63, 3.8) is 0 Å². The third-order valence-corrected chi connectivity index (χ3v) is 7.03. The standard InChI is InChI=1S/2C11H17N.C8H17N.C6H14/c1-10(2)12(3)9-11-7-5-4-6-8-11;1-9(2)12-10(3)11-7-5-4-6-8-11;1-8(2)9-6-4-3-5-7-9;1-4-5-6(2)3/h4-8,10H,9H2,1-3H3;4-10,12H,1-3H3;8H,3-7H2,1-2H3;6H,4-5H2,1-3H3. The fourth-order valence-electron chi connectivity index (χ4n) is 4.40. The second-order valence-electron chi connectivity index (χ2n) is 12.3. The zero-order valence-corrected chi connectivity index (χ0v) is 27.7. The van der Waals surface area contributed by atoms with Gasteiger partial charge in [0.25, 0.3) is 0 Å². The van der Waals surface area contributed by atoms with Crippen LogP contribution in [0.3, 0.4) is 0 Å². The zero-order chi connectivity index (χ0) is 29.6. The minimum absolute atomic E-state index is 0.450. The Labute approximate surface area is 244 Å². The summed E-state index contributed by atoms with van der Waals surface area (Å²) in [6.07, 6.45) is 6.98. The van der Waals surface area contributed by atoms with E-state index >= 15 is 0 Å². The molecule has 3 heteroatoms. The van der Waals surface area contributed by atoms with E-state index in [4.69, 9.17) is 0 Å². The van der Waals surface area contributed by atoms with E-state index in [1.807, 2.05) is 6.07 Å². The maximum Gasteiger partial charge on any atom is 0.0294 e. The van der Waals surface area contributed by atoms with Crippen LogP contribution in [0, 0.1) is 5.92 Å². The van der Waals surface area contributed by atoms with Crippen molar-refractivity contribution < 1.29 is 0 Å². The second-order valence-corrected chi connectivity index (χ2v) is 12.3. The molecule has 0 radical (unpaired) electrons. The molecule has 0 saturated carbocycles. The number of likely N-dealkylation sites (tertiary alicyclic amines) is 1. The number of piperidine rings is 1. The van der Waals surface area contributed by atoms with Gasteiger partial charge in [-0.2, -0.15) is 0 Å². The number of nitrogens with zero attached hydrogens (tertiary/aromatic N) is 2. The van der Waals surface area contributed by atoms with Gasteiger partial charge in [-0.1, -0.05) is 115 Å². The lowest BCUT2D eigenvalue weighted by atomic mass is 10.1. The largest absolute Gasteiger partial charge is 0.308 e. The van der Waals surface area contributed by atoms with E-state index in [1.165, 1.54) is 56.3 Å². The molecule has 1 aliphatic rings. The third-order valence-electron chi connectivity index (χ3n) is 7.03. The summed E-state index contributed by atoms with van der Waals surface area (Å²) in [5.41, 5.74) is 2.74. The molecule has 0 bridgehead atoms. The zero-order valence-electron chi connectivity index (χ0n) is 27.7. The van der Waals surface area contributed by atoms with Crippen LogP contribution in [0.25, 0.3) is 0 Å². The molecule has 3 rings (SSSR count). The number of hydrogen-bond acceptors (Lipinski definition) is 3. The van der Waals surface area contributed by atoms with Crippen molar-refractivity contribution in [1.82, 2.24) is 15.1 Å². The van der Waals surface area contributed by atoms with E-state index in [0.717, 1.165) is 18.5 Å². The fraction of sp³-hybridized carbons (Fsp3) is 0.667. The summed E-state index contributed by atoms with van der Waals surface area (Å²) in [4.78, 5) is 4.89. The van der Waals surface area contributed by atoms with Gasteiger partial charge < -0.3 is 10.2 Å². The SMILES string of the molecule is CC(C)N(C)Cc1ccccc1.CC(C)N1CCCCC1.CC(C)NC(C)c1ccccc1.CCCC(C)C. The minimum Gasteiger partial charge on any atom is -0.308 e. The average Bonchev–Trinajstić information content (AvgIpc) is 2.91. The van der Waals surface area contributed by atoms with Gasteiger partial charge in [0.2, 0.25) is 0 Å². The normalized spacial score (nSPS) is 14.4. The summed E-state index contributed by atoms with van der Waals surface area (Å²) >= 11 is 0. The molecule has 0 amide bonds. The highest BCUT2D eigenvalue weighted by atomic mass is 15.1. The van der Waals surface area contributed by atoms with Gasteiger partial charge in [-0.25, -0.2) is 0 Å². The van der Waals surface area contributed by atoms with Crippen LogP contribution in [-0.2, 0) is 6.54 Å². The molecule has 2 aromatic carbocycles. The summed E-state index contributed by atoms with van der Waals surface area (Å²) in [7, 11) is 2.15. The molecular weight excluding hydrogens is 474 g/mol. The molecule has 224 valence electrons. The Balaban J connectivity index is 0.000000509. The van der Waals surface area contributed by atoms with Gasteiger partial charge in [0.15, 0.2) is 0 Å². The minimum atomic E-state index is 0.450. The predicted molar refractivity (Wildman–Crippen MR) is 176 cm³/mol. The first kappa shape index (κ1) is 37.3. The topological polar surface area (TPSA) is 18.5 Å². The molecule has 0 spiro atoms. The number of hydrogen-bond donors (Lipinski definition) is 1. The molecule has 0 aliphatic carbocycles. The van der Waals surface area contributed by atoms with Crippen LogP contribution in [0.2, 0.25) is 0 Å². The van der Waals surface area contributed by atoms with Crippen LogP contribution in [0.1, 0.15) is 119 Å². The quantitative estimate of drug-likeness (QED) is 0.342. The molecule has 39 heavy (non-hydrogen) atoms. The Bertz CT molecular complexity index is 764. The van der Waals surface area contributed by atoms with Crippen LogP contribution in [0.5, 0.6) is 0 Å². The predicted octanol–water partition coefficient (Wildman–Crippen LogP) is 9.60. The van der Waals surface area contributed by atoms with Crippen molar-refractivity contribution in [2.75, 3.05) is 20.1 Å². The lowest BCUT2D eigenvalue weighted by Gasteiger charge is -2.29. The molecule has 2 aromatic rings. The lowest BCUT2D eigenvalue weighted by molar-refractivity contribution is 0.185. The number of benzene rings is 2. The first-order chi connectivity index (χ1) is 18.5. The van der Waals surface area contributed by atoms with Gasteiger partial charge in [-0.15, -0.1) is 0 Å². The van der Waals surface area contributed by atoms with Crippen molar-refractivity contribution in [3.8, 4) is 0 Å². The summed E-state index contributed by atoms with van der Waals surface area (Å²) in [6, 6.07) is 23.4. The van der Waals surface area contributed by atoms with Crippen molar-refractivity contribution in [2.24, 2.45) is 5.92 Å².